The molecule has 0 aliphatic rings. The van der Waals surface area contributed by atoms with Crippen LogP contribution in [0, 0.1) is 0 Å². The van der Waals surface area contributed by atoms with Gasteiger partial charge in [-0.2, -0.15) is 0 Å². The van der Waals surface area contributed by atoms with Gasteiger partial charge >= 0.3 is 0 Å². The third-order valence-electron chi connectivity index (χ3n) is 3.47. The van der Waals surface area contributed by atoms with Crippen molar-refractivity contribution in [3.05, 3.63) is 77.1 Å². The lowest BCUT2D eigenvalue weighted by Crippen LogP contribution is -2.05. The monoisotopic (exact) mass is 296 g/mol. The summed E-state index contributed by atoms with van der Waals surface area (Å²) < 4.78 is 2.22. The third-order valence-corrected chi connectivity index (χ3v) is 3.84. The molecular weight excluding hydrogens is 280 g/mol. The molecule has 0 atom stereocenters. The highest BCUT2D eigenvalue weighted by atomic mass is 35.5. The van der Waals surface area contributed by atoms with E-state index in [-0.39, 0.29) is 0 Å². The highest BCUT2D eigenvalue weighted by Crippen LogP contribution is 2.23. The molecule has 0 radical (unpaired) electrons. The minimum atomic E-state index is 0.724. The molecule has 0 saturated carbocycles. The molecule has 2 aromatic carbocycles. The van der Waals surface area contributed by atoms with Gasteiger partial charge in [0.05, 0.1) is 11.0 Å². The lowest BCUT2D eigenvalue weighted by molar-refractivity contribution is 0.753. The standard InChI is InChI=1S/C18H17ClN2/c1-13(2)12-21-17-10-6-5-9-16(17)20-18(21)11-14-7-3-4-8-15(14)19/h3-10H,1,11-12H2,2H3. The zero-order valence-corrected chi connectivity index (χ0v) is 12.8. The lowest BCUT2D eigenvalue weighted by atomic mass is 10.1. The maximum atomic E-state index is 6.28. The van der Waals surface area contributed by atoms with E-state index in [0.29, 0.717) is 0 Å². The Morgan fingerprint density at radius 3 is 2.62 bits per heavy atom. The Bertz CT molecular complexity index is 802. The second kappa shape index (κ2) is 5.74. The molecule has 21 heavy (non-hydrogen) atoms. The first-order valence-corrected chi connectivity index (χ1v) is 7.35. The normalized spacial score (nSPS) is 11.0. The van der Waals surface area contributed by atoms with Crippen LogP contribution in [0.2, 0.25) is 5.02 Å². The van der Waals surface area contributed by atoms with Gasteiger partial charge < -0.3 is 4.57 Å². The average molecular weight is 297 g/mol. The van der Waals surface area contributed by atoms with Crippen molar-refractivity contribution in [2.24, 2.45) is 0 Å². The Kier molecular flexibility index (Phi) is 3.80. The van der Waals surface area contributed by atoms with E-state index < -0.39 is 0 Å². The van der Waals surface area contributed by atoms with Crippen molar-refractivity contribution in [3.63, 3.8) is 0 Å². The summed E-state index contributed by atoms with van der Waals surface area (Å²) in [5.74, 6) is 1.02. The Balaban J connectivity index is 2.09. The molecule has 0 bridgehead atoms. The number of imidazole rings is 1. The molecule has 1 aromatic heterocycles. The fraction of sp³-hybridized carbons (Fsp3) is 0.167. The van der Waals surface area contributed by atoms with E-state index in [1.807, 2.05) is 49.4 Å². The van der Waals surface area contributed by atoms with Crippen molar-refractivity contribution in [1.82, 2.24) is 9.55 Å². The first-order chi connectivity index (χ1) is 10.1. The van der Waals surface area contributed by atoms with Gasteiger partial charge in [-0.3, -0.25) is 0 Å². The minimum Gasteiger partial charge on any atom is -0.324 e. The molecule has 0 aliphatic carbocycles. The van der Waals surface area contributed by atoms with Crippen LogP contribution in [0.5, 0.6) is 0 Å². The number of para-hydroxylation sites is 2. The molecular formula is C18H17ClN2. The van der Waals surface area contributed by atoms with Crippen molar-refractivity contribution in [1.29, 1.82) is 0 Å². The lowest BCUT2D eigenvalue weighted by Gasteiger charge is -2.10. The number of halogens is 1. The summed E-state index contributed by atoms with van der Waals surface area (Å²) in [6, 6.07) is 16.1. The molecule has 0 fully saturated rings. The number of allylic oxidation sites excluding steroid dienone is 1. The second-order valence-electron chi connectivity index (χ2n) is 5.33. The van der Waals surface area contributed by atoms with Gasteiger partial charge in [0.1, 0.15) is 5.82 Å². The summed E-state index contributed by atoms with van der Waals surface area (Å²) in [4.78, 5) is 4.77. The van der Waals surface area contributed by atoms with E-state index in [1.165, 1.54) is 0 Å². The van der Waals surface area contributed by atoms with Crippen molar-refractivity contribution in [3.8, 4) is 0 Å². The Morgan fingerprint density at radius 2 is 1.86 bits per heavy atom. The van der Waals surface area contributed by atoms with E-state index in [4.69, 9.17) is 16.6 Å². The first kappa shape index (κ1) is 13.9. The summed E-state index contributed by atoms with van der Waals surface area (Å²) >= 11 is 6.28. The highest BCUT2D eigenvalue weighted by molar-refractivity contribution is 6.31. The van der Waals surface area contributed by atoms with Crippen LogP contribution >= 0.6 is 11.6 Å². The SMILES string of the molecule is C=C(C)Cn1c(Cc2ccccc2Cl)nc2ccccc21. The predicted octanol–water partition coefficient (Wildman–Crippen LogP) is 4.86. The summed E-state index contributed by atoms with van der Waals surface area (Å²) in [5, 5.41) is 0.784. The summed E-state index contributed by atoms with van der Waals surface area (Å²) in [6.07, 6.45) is 0.724. The van der Waals surface area contributed by atoms with Crippen LogP contribution in [0.15, 0.2) is 60.7 Å². The van der Waals surface area contributed by atoms with Gasteiger partial charge in [-0.25, -0.2) is 4.98 Å². The number of hydrogen-bond acceptors (Lipinski definition) is 1. The summed E-state index contributed by atoms with van der Waals surface area (Å²) in [5.41, 5.74) is 4.36. The van der Waals surface area contributed by atoms with E-state index in [2.05, 4.69) is 17.2 Å². The van der Waals surface area contributed by atoms with Gasteiger partial charge in [0.15, 0.2) is 0 Å². The van der Waals surface area contributed by atoms with Gasteiger partial charge in [-0.1, -0.05) is 54.1 Å². The molecule has 0 amide bonds. The number of rotatable bonds is 4. The molecule has 2 nitrogen and oxygen atoms in total. The van der Waals surface area contributed by atoms with E-state index in [9.17, 15) is 0 Å². The van der Waals surface area contributed by atoms with Crippen LogP contribution in [0.25, 0.3) is 11.0 Å². The van der Waals surface area contributed by atoms with Crippen LogP contribution in [-0.2, 0) is 13.0 Å². The van der Waals surface area contributed by atoms with Gasteiger partial charge in [-0.15, -0.1) is 0 Å². The van der Waals surface area contributed by atoms with Crippen LogP contribution in [0.1, 0.15) is 18.3 Å². The Morgan fingerprint density at radius 1 is 1.14 bits per heavy atom. The second-order valence-corrected chi connectivity index (χ2v) is 5.74. The number of aromatic nitrogens is 2. The largest absolute Gasteiger partial charge is 0.324 e. The average Bonchev–Trinajstić information content (AvgIpc) is 2.79. The fourth-order valence-electron chi connectivity index (χ4n) is 2.52. The molecule has 1 heterocycles. The van der Waals surface area contributed by atoms with Crippen LogP contribution < -0.4 is 0 Å². The third kappa shape index (κ3) is 2.86. The quantitative estimate of drug-likeness (QED) is 0.629. The van der Waals surface area contributed by atoms with E-state index >= 15 is 0 Å². The summed E-state index contributed by atoms with van der Waals surface area (Å²) in [7, 11) is 0. The Hall–Kier alpha value is -2.06. The molecule has 0 unspecified atom stereocenters. The topological polar surface area (TPSA) is 17.8 Å². The highest BCUT2D eigenvalue weighted by Gasteiger charge is 2.12. The van der Waals surface area contributed by atoms with Crippen molar-refractivity contribution in [2.75, 3.05) is 0 Å². The first-order valence-electron chi connectivity index (χ1n) is 6.97. The molecule has 0 saturated heterocycles. The molecule has 0 N–H and O–H groups in total. The van der Waals surface area contributed by atoms with Crippen molar-refractivity contribution in [2.45, 2.75) is 19.9 Å². The van der Waals surface area contributed by atoms with E-state index in [1.54, 1.807) is 0 Å². The van der Waals surface area contributed by atoms with Crippen LogP contribution in [-0.4, -0.2) is 9.55 Å². The zero-order chi connectivity index (χ0) is 14.8. The number of hydrogen-bond donors (Lipinski definition) is 0. The van der Waals surface area contributed by atoms with Crippen molar-refractivity contribution < 1.29 is 0 Å². The van der Waals surface area contributed by atoms with Crippen LogP contribution in [0.3, 0.4) is 0 Å². The van der Waals surface area contributed by atoms with Crippen molar-refractivity contribution >= 4 is 22.6 Å². The Labute approximate surface area is 129 Å². The number of nitrogens with zero attached hydrogens (tertiary/aromatic N) is 2. The van der Waals surface area contributed by atoms with Crippen LogP contribution in [0.4, 0.5) is 0 Å². The van der Waals surface area contributed by atoms with Gasteiger partial charge in [0.25, 0.3) is 0 Å². The number of fused-ring (bicyclic) bond motifs is 1. The minimum absolute atomic E-state index is 0.724. The molecule has 0 spiro atoms. The maximum absolute atomic E-state index is 6.28. The number of benzene rings is 2. The molecule has 3 heteroatoms. The van der Waals surface area contributed by atoms with Gasteiger partial charge in [0.2, 0.25) is 0 Å². The molecule has 106 valence electrons. The molecule has 3 aromatic rings. The van der Waals surface area contributed by atoms with E-state index in [0.717, 1.165) is 46.0 Å². The smallest absolute Gasteiger partial charge is 0.114 e. The summed E-state index contributed by atoms with van der Waals surface area (Å²) in [6.45, 7) is 6.84. The molecule has 0 aliphatic heterocycles. The predicted molar refractivity (Wildman–Crippen MR) is 88.8 cm³/mol. The van der Waals surface area contributed by atoms with Gasteiger partial charge in [-0.05, 0) is 30.7 Å². The molecule has 3 rings (SSSR count). The van der Waals surface area contributed by atoms with Gasteiger partial charge in [0, 0.05) is 18.0 Å². The fourth-order valence-corrected chi connectivity index (χ4v) is 2.72. The zero-order valence-electron chi connectivity index (χ0n) is 12.0. The maximum Gasteiger partial charge on any atom is 0.114 e.